The van der Waals surface area contributed by atoms with Gasteiger partial charge in [-0.3, -0.25) is 4.57 Å². The molecule has 0 fully saturated rings. The average molecular weight is 412 g/mol. The Morgan fingerprint density at radius 1 is 0.960 bits per heavy atom. The van der Waals surface area contributed by atoms with E-state index < -0.39 is 40.2 Å². The second-order valence-corrected chi connectivity index (χ2v) is 7.99. The SMILES string of the molecule is CCOP(=O)(OCC)C(F)(F)c1ccc(OS(=O)(=O)C(F)(F)F)cc1. The topological polar surface area (TPSA) is 78.9 Å². The third kappa shape index (κ3) is 4.69. The Bertz CT molecular complexity index is 721. The van der Waals surface area contributed by atoms with Crippen LogP contribution in [0, 0.1) is 0 Å². The van der Waals surface area contributed by atoms with Crippen molar-refractivity contribution in [2.24, 2.45) is 0 Å². The van der Waals surface area contributed by atoms with E-state index in [2.05, 4.69) is 13.2 Å². The molecule has 0 spiro atoms. The fourth-order valence-corrected chi connectivity index (χ4v) is 3.59. The van der Waals surface area contributed by atoms with Crippen LogP contribution in [0.3, 0.4) is 0 Å². The van der Waals surface area contributed by atoms with E-state index in [1.807, 2.05) is 0 Å². The molecule has 0 bridgehead atoms. The first-order valence-corrected chi connectivity index (χ1v) is 9.64. The summed E-state index contributed by atoms with van der Waals surface area (Å²) in [4.78, 5) is 0. The summed E-state index contributed by atoms with van der Waals surface area (Å²) >= 11 is 0. The van der Waals surface area contributed by atoms with E-state index >= 15 is 0 Å². The predicted molar refractivity (Wildman–Crippen MR) is 76.8 cm³/mol. The van der Waals surface area contributed by atoms with Gasteiger partial charge in [0.1, 0.15) is 5.75 Å². The molecule has 0 amide bonds. The highest BCUT2D eigenvalue weighted by atomic mass is 32.2. The molecule has 0 aliphatic carbocycles. The Balaban J connectivity index is 3.15. The molecular formula is C12H14F5O6PS. The highest BCUT2D eigenvalue weighted by molar-refractivity contribution is 7.88. The monoisotopic (exact) mass is 412 g/mol. The molecule has 0 N–H and O–H groups in total. The third-order valence-electron chi connectivity index (χ3n) is 2.63. The minimum Gasteiger partial charge on any atom is -0.376 e. The van der Waals surface area contributed by atoms with Crippen LogP contribution in [0.1, 0.15) is 19.4 Å². The van der Waals surface area contributed by atoms with Crippen LogP contribution in [0.2, 0.25) is 0 Å². The van der Waals surface area contributed by atoms with Crippen molar-refractivity contribution in [2.45, 2.75) is 25.0 Å². The van der Waals surface area contributed by atoms with E-state index in [0.717, 1.165) is 0 Å². The first-order chi connectivity index (χ1) is 11.3. The molecule has 0 unspecified atom stereocenters. The molecule has 0 heterocycles. The van der Waals surface area contributed by atoms with Gasteiger partial charge in [0.15, 0.2) is 0 Å². The molecule has 6 nitrogen and oxygen atoms in total. The molecule has 1 aromatic rings. The zero-order valence-corrected chi connectivity index (χ0v) is 14.6. The molecule has 13 heteroatoms. The quantitative estimate of drug-likeness (QED) is 0.275. The zero-order chi connectivity index (χ0) is 19.5. The Labute approximate surface area is 140 Å². The van der Waals surface area contributed by atoms with Crippen molar-refractivity contribution in [3.63, 3.8) is 0 Å². The van der Waals surface area contributed by atoms with E-state index in [9.17, 15) is 34.9 Å². The Morgan fingerprint density at radius 2 is 1.40 bits per heavy atom. The van der Waals surface area contributed by atoms with Crippen molar-refractivity contribution in [3.8, 4) is 5.75 Å². The minimum atomic E-state index is -5.94. The van der Waals surface area contributed by atoms with Gasteiger partial charge in [0.05, 0.1) is 13.2 Å². The highest BCUT2D eigenvalue weighted by Crippen LogP contribution is 2.66. The molecule has 25 heavy (non-hydrogen) atoms. The van der Waals surface area contributed by atoms with Gasteiger partial charge in [0, 0.05) is 5.56 Å². The van der Waals surface area contributed by atoms with Gasteiger partial charge in [0.25, 0.3) is 0 Å². The lowest BCUT2D eigenvalue weighted by atomic mass is 10.2. The van der Waals surface area contributed by atoms with Crippen LogP contribution in [0.25, 0.3) is 0 Å². The molecule has 0 aromatic heterocycles. The molecule has 0 aliphatic rings. The molecule has 1 rings (SSSR count). The van der Waals surface area contributed by atoms with Crippen molar-refractivity contribution in [1.29, 1.82) is 0 Å². The number of hydrogen-bond acceptors (Lipinski definition) is 6. The first kappa shape index (κ1) is 21.8. The maximum Gasteiger partial charge on any atom is 0.534 e. The highest BCUT2D eigenvalue weighted by Gasteiger charge is 2.55. The molecule has 0 saturated carbocycles. The van der Waals surface area contributed by atoms with Gasteiger partial charge in [-0.05, 0) is 38.1 Å². The summed E-state index contributed by atoms with van der Waals surface area (Å²) < 4.78 is 112. The predicted octanol–water partition coefficient (Wildman–Crippen LogP) is 4.23. The van der Waals surface area contributed by atoms with Crippen molar-refractivity contribution in [2.75, 3.05) is 13.2 Å². The number of rotatable bonds is 8. The van der Waals surface area contributed by atoms with Crippen molar-refractivity contribution >= 4 is 17.7 Å². The normalized spacial score (nSPS) is 13.7. The summed E-state index contributed by atoms with van der Waals surface area (Å²) in [7, 11) is -10.8. The van der Waals surface area contributed by atoms with E-state index in [-0.39, 0.29) is 13.2 Å². The molecule has 0 radical (unpaired) electrons. The standard InChI is InChI=1S/C12H14F5O6PS/c1-3-21-24(18,22-4-2)11(13,14)9-5-7-10(8-6-9)23-25(19,20)12(15,16)17/h5-8H,3-4H2,1-2H3. The van der Waals surface area contributed by atoms with Gasteiger partial charge in [-0.25, -0.2) is 0 Å². The molecule has 0 aliphatic heterocycles. The summed E-state index contributed by atoms with van der Waals surface area (Å²) in [5.74, 6) is -0.848. The molecule has 144 valence electrons. The minimum absolute atomic E-state index is 0.335. The molecular weight excluding hydrogens is 398 g/mol. The van der Waals surface area contributed by atoms with E-state index in [4.69, 9.17) is 0 Å². The fourth-order valence-electron chi connectivity index (χ4n) is 1.58. The largest absolute Gasteiger partial charge is 0.534 e. The van der Waals surface area contributed by atoms with Crippen molar-refractivity contribution < 1.29 is 48.2 Å². The van der Waals surface area contributed by atoms with E-state index in [1.165, 1.54) is 13.8 Å². The van der Waals surface area contributed by atoms with Crippen LogP contribution in [0.4, 0.5) is 22.0 Å². The second kappa shape index (κ2) is 7.56. The maximum atomic E-state index is 14.4. The van der Waals surface area contributed by atoms with Gasteiger partial charge in [0.2, 0.25) is 0 Å². The smallest absolute Gasteiger partial charge is 0.376 e. The lowest BCUT2D eigenvalue weighted by molar-refractivity contribution is -0.0500. The third-order valence-corrected chi connectivity index (χ3v) is 5.75. The summed E-state index contributed by atoms with van der Waals surface area (Å²) in [6.07, 6.45) is 0. The summed E-state index contributed by atoms with van der Waals surface area (Å²) in [6.45, 7) is 1.97. The first-order valence-electron chi connectivity index (χ1n) is 6.69. The summed E-state index contributed by atoms with van der Waals surface area (Å²) in [6, 6.07) is 2.25. The zero-order valence-electron chi connectivity index (χ0n) is 12.9. The van der Waals surface area contributed by atoms with Gasteiger partial charge in [-0.1, -0.05) is 0 Å². The van der Waals surface area contributed by atoms with Crippen molar-refractivity contribution in [3.05, 3.63) is 29.8 Å². The Kier molecular flexibility index (Phi) is 6.60. The lowest BCUT2D eigenvalue weighted by Crippen LogP contribution is -2.28. The number of alkyl halides is 5. The second-order valence-electron chi connectivity index (χ2n) is 4.38. The number of hydrogen-bond donors (Lipinski definition) is 0. The molecule has 0 saturated heterocycles. The van der Waals surface area contributed by atoms with Gasteiger partial charge >= 0.3 is 28.9 Å². The van der Waals surface area contributed by atoms with Gasteiger partial charge in [-0.2, -0.15) is 30.4 Å². The Hall–Kier alpha value is -1.23. The summed E-state index contributed by atoms with van der Waals surface area (Å²) in [5.41, 5.74) is -10.7. The molecule has 0 atom stereocenters. The van der Waals surface area contributed by atoms with Gasteiger partial charge in [-0.15, -0.1) is 0 Å². The van der Waals surface area contributed by atoms with Crippen LogP contribution in [0.15, 0.2) is 24.3 Å². The van der Waals surface area contributed by atoms with Gasteiger partial charge < -0.3 is 13.2 Å². The van der Waals surface area contributed by atoms with E-state index in [1.54, 1.807) is 0 Å². The van der Waals surface area contributed by atoms with Crippen molar-refractivity contribution in [1.82, 2.24) is 0 Å². The Morgan fingerprint density at radius 3 is 1.76 bits per heavy atom. The fraction of sp³-hybridized carbons (Fsp3) is 0.500. The van der Waals surface area contributed by atoms with Crippen LogP contribution in [-0.4, -0.2) is 27.1 Å². The average Bonchev–Trinajstić information content (AvgIpc) is 2.46. The van der Waals surface area contributed by atoms with Crippen LogP contribution < -0.4 is 4.18 Å². The molecule has 1 aromatic carbocycles. The van der Waals surface area contributed by atoms with Crippen LogP contribution >= 0.6 is 7.60 Å². The van der Waals surface area contributed by atoms with E-state index in [0.29, 0.717) is 24.3 Å². The maximum absolute atomic E-state index is 14.4. The number of halogens is 5. The lowest BCUT2D eigenvalue weighted by Gasteiger charge is -2.26. The van der Waals surface area contributed by atoms with Crippen LogP contribution in [0.5, 0.6) is 5.75 Å². The number of benzene rings is 1. The van der Waals surface area contributed by atoms with Crippen LogP contribution in [-0.2, 0) is 29.4 Å². The summed E-state index contributed by atoms with van der Waals surface area (Å²) in [5, 5.41) is 0.